The van der Waals surface area contributed by atoms with E-state index in [0.717, 1.165) is 12.0 Å². The number of methoxy groups -OCH3 is 2. The summed E-state index contributed by atoms with van der Waals surface area (Å²) in [5.41, 5.74) is 0.507. The first-order chi connectivity index (χ1) is 8.97. The van der Waals surface area contributed by atoms with Crippen LogP contribution in [0.15, 0.2) is 6.07 Å². The monoisotopic (exact) mass is 284 g/mol. The predicted octanol–water partition coefficient (Wildman–Crippen LogP) is 3.17. The number of rotatable bonds is 4. The van der Waals surface area contributed by atoms with Crippen LogP contribution in [0.2, 0.25) is 5.02 Å². The molecule has 1 saturated carbocycles. The van der Waals surface area contributed by atoms with Crippen molar-refractivity contribution in [1.29, 1.82) is 0 Å². The number of aliphatic carboxylic acids is 1. The third kappa shape index (κ3) is 1.94. The molecule has 19 heavy (non-hydrogen) atoms. The van der Waals surface area contributed by atoms with E-state index in [4.69, 9.17) is 21.1 Å². The molecule has 0 atom stereocenters. The number of ether oxygens (including phenoxy) is 2. The van der Waals surface area contributed by atoms with Gasteiger partial charge in [-0.15, -0.1) is 0 Å². The Bertz CT molecular complexity index is 521. The number of carboxylic acid groups (broad SMARTS) is 1. The van der Waals surface area contributed by atoms with E-state index in [1.807, 2.05) is 6.92 Å². The number of halogens is 1. The Labute approximate surface area is 117 Å². The second kappa shape index (κ2) is 4.93. The Kier molecular flexibility index (Phi) is 3.63. The van der Waals surface area contributed by atoms with Crippen LogP contribution in [-0.4, -0.2) is 25.3 Å². The van der Waals surface area contributed by atoms with Gasteiger partial charge >= 0.3 is 5.97 Å². The minimum atomic E-state index is -0.895. The van der Waals surface area contributed by atoms with Gasteiger partial charge in [-0.2, -0.15) is 0 Å². The zero-order chi connectivity index (χ0) is 14.2. The summed E-state index contributed by atoms with van der Waals surface area (Å²) in [6.45, 7) is 1.82. The molecule has 104 valence electrons. The highest BCUT2D eigenvalue weighted by Gasteiger charge is 2.49. The van der Waals surface area contributed by atoms with Crippen molar-refractivity contribution in [2.24, 2.45) is 0 Å². The molecule has 0 radical (unpaired) electrons. The molecular formula is C14H17ClO4. The molecule has 0 saturated heterocycles. The minimum absolute atomic E-state index is 0.473. The molecule has 1 aromatic rings. The number of hydrogen-bond donors (Lipinski definition) is 1. The summed E-state index contributed by atoms with van der Waals surface area (Å²) in [7, 11) is 3.03. The highest BCUT2D eigenvalue weighted by Crippen LogP contribution is 2.52. The summed E-state index contributed by atoms with van der Waals surface area (Å²) in [5.74, 6) is 0.122. The number of benzene rings is 1. The highest BCUT2D eigenvalue weighted by molar-refractivity contribution is 6.31. The Morgan fingerprint density at radius 1 is 1.37 bits per heavy atom. The zero-order valence-electron chi connectivity index (χ0n) is 11.2. The first-order valence-corrected chi connectivity index (χ1v) is 6.50. The highest BCUT2D eigenvalue weighted by atomic mass is 35.5. The fraction of sp³-hybridized carbons (Fsp3) is 0.500. The van der Waals surface area contributed by atoms with E-state index < -0.39 is 11.4 Å². The summed E-state index contributed by atoms with van der Waals surface area (Å²) >= 11 is 6.19. The van der Waals surface area contributed by atoms with Crippen molar-refractivity contribution in [3.8, 4) is 11.5 Å². The Balaban J connectivity index is 2.73. The van der Waals surface area contributed by atoms with Gasteiger partial charge in [-0.05, 0) is 25.3 Å². The van der Waals surface area contributed by atoms with Crippen LogP contribution in [0, 0.1) is 6.92 Å². The molecule has 0 aliphatic heterocycles. The molecule has 1 N–H and O–H groups in total. The average Bonchev–Trinajstić information content (AvgIpc) is 2.32. The maximum Gasteiger partial charge on any atom is 0.314 e. The summed E-state index contributed by atoms with van der Waals surface area (Å²) in [4.78, 5) is 11.7. The Morgan fingerprint density at radius 3 is 2.37 bits per heavy atom. The summed E-state index contributed by atoms with van der Waals surface area (Å²) in [6, 6.07) is 1.66. The lowest BCUT2D eigenvalue weighted by atomic mass is 9.63. The fourth-order valence-electron chi connectivity index (χ4n) is 2.73. The smallest absolute Gasteiger partial charge is 0.314 e. The maximum absolute atomic E-state index is 11.7. The van der Waals surface area contributed by atoms with Gasteiger partial charge in [0.05, 0.1) is 19.6 Å². The van der Waals surface area contributed by atoms with E-state index in [-0.39, 0.29) is 0 Å². The molecule has 4 nitrogen and oxygen atoms in total. The maximum atomic E-state index is 11.7. The average molecular weight is 285 g/mol. The van der Waals surface area contributed by atoms with Crippen molar-refractivity contribution >= 4 is 17.6 Å². The van der Waals surface area contributed by atoms with Gasteiger partial charge in [0, 0.05) is 16.7 Å². The summed E-state index contributed by atoms with van der Waals surface area (Å²) < 4.78 is 10.6. The predicted molar refractivity (Wildman–Crippen MR) is 72.5 cm³/mol. The second-order valence-electron chi connectivity index (χ2n) is 4.83. The van der Waals surface area contributed by atoms with Crippen molar-refractivity contribution in [3.63, 3.8) is 0 Å². The van der Waals surface area contributed by atoms with E-state index in [0.29, 0.717) is 34.9 Å². The van der Waals surface area contributed by atoms with E-state index in [2.05, 4.69) is 0 Å². The van der Waals surface area contributed by atoms with Gasteiger partial charge in [-0.3, -0.25) is 4.79 Å². The van der Waals surface area contributed by atoms with Crippen LogP contribution >= 0.6 is 11.6 Å². The van der Waals surface area contributed by atoms with Gasteiger partial charge in [0.15, 0.2) is 11.5 Å². The molecule has 1 fully saturated rings. The quantitative estimate of drug-likeness (QED) is 0.923. The molecule has 5 heteroatoms. The standard InChI is InChI=1S/C14H17ClO4/c1-8-9(15)7-10(18-2)12(19-3)11(8)14(13(16)17)5-4-6-14/h7H,4-6H2,1-3H3,(H,16,17). The Morgan fingerprint density at radius 2 is 2.00 bits per heavy atom. The number of hydrogen-bond acceptors (Lipinski definition) is 3. The van der Waals surface area contributed by atoms with E-state index in [1.54, 1.807) is 6.07 Å². The van der Waals surface area contributed by atoms with E-state index in [9.17, 15) is 9.90 Å². The van der Waals surface area contributed by atoms with Crippen molar-refractivity contribution < 1.29 is 19.4 Å². The van der Waals surface area contributed by atoms with Gasteiger partial charge in [0.2, 0.25) is 0 Å². The molecule has 2 rings (SSSR count). The summed E-state index contributed by atoms with van der Waals surface area (Å²) in [6.07, 6.45) is 2.09. The fourth-order valence-corrected chi connectivity index (χ4v) is 2.93. The topological polar surface area (TPSA) is 55.8 Å². The largest absolute Gasteiger partial charge is 0.493 e. The molecule has 0 amide bonds. The normalized spacial score (nSPS) is 16.6. The van der Waals surface area contributed by atoms with Crippen molar-refractivity contribution in [2.45, 2.75) is 31.6 Å². The second-order valence-corrected chi connectivity index (χ2v) is 5.24. The molecular weight excluding hydrogens is 268 g/mol. The van der Waals surface area contributed by atoms with Crippen LogP contribution < -0.4 is 9.47 Å². The van der Waals surface area contributed by atoms with Crippen molar-refractivity contribution in [1.82, 2.24) is 0 Å². The van der Waals surface area contributed by atoms with Crippen LogP contribution in [0.5, 0.6) is 11.5 Å². The first-order valence-electron chi connectivity index (χ1n) is 6.13. The van der Waals surface area contributed by atoms with Crippen LogP contribution in [0.1, 0.15) is 30.4 Å². The van der Waals surface area contributed by atoms with Gasteiger partial charge in [0.25, 0.3) is 0 Å². The van der Waals surface area contributed by atoms with Gasteiger partial charge in [-0.25, -0.2) is 0 Å². The zero-order valence-corrected chi connectivity index (χ0v) is 12.0. The SMILES string of the molecule is COc1cc(Cl)c(C)c(C2(C(=O)O)CCC2)c1OC. The van der Waals surface area contributed by atoms with Gasteiger partial charge in [-0.1, -0.05) is 18.0 Å². The summed E-state index contributed by atoms with van der Waals surface area (Å²) in [5, 5.41) is 10.1. The van der Waals surface area contributed by atoms with E-state index in [1.165, 1.54) is 14.2 Å². The van der Waals surface area contributed by atoms with Crippen LogP contribution in [0.4, 0.5) is 0 Å². The van der Waals surface area contributed by atoms with E-state index >= 15 is 0 Å². The lowest BCUT2D eigenvalue weighted by Gasteiger charge is -2.40. The first kappa shape index (κ1) is 14.0. The van der Waals surface area contributed by atoms with Crippen LogP contribution in [0.25, 0.3) is 0 Å². The van der Waals surface area contributed by atoms with Crippen LogP contribution in [-0.2, 0) is 10.2 Å². The van der Waals surface area contributed by atoms with Crippen molar-refractivity contribution in [3.05, 3.63) is 22.2 Å². The number of carbonyl (C=O) groups is 1. The number of carboxylic acids is 1. The Hall–Kier alpha value is -1.42. The third-order valence-corrected chi connectivity index (χ3v) is 4.35. The molecule has 1 aliphatic carbocycles. The third-order valence-electron chi connectivity index (χ3n) is 3.96. The minimum Gasteiger partial charge on any atom is -0.493 e. The molecule has 0 spiro atoms. The molecule has 1 aliphatic rings. The molecule has 0 unspecified atom stereocenters. The lowest BCUT2D eigenvalue weighted by Crippen LogP contribution is -2.43. The van der Waals surface area contributed by atoms with Gasteiger partial charge in [0.1, 0.15) is 0 Å². The lowest BCUT2D eigenvalue weighted by molar-refractivity contribution is -0.147. The van der Waals surface area contributed by atoms with Crippen LogP contribution in [0.3, 0.4) is 0 Å². The molecule has 0 bridgehead atoms. The van der Waals surface area contributed by atoms with Gasteiger partial charge < -0.3 is 14.6 Å². The molecule has 1 aromatic carbocycles. The molecule has 0 aromatic heterocycles. The molecule has 0 heterocycles. The van der Waals surface area contributed by atoms with Crippen molar-refractivity contribution in [2.75, 3.05) is 14.2 Å².